The average molecular weight is 557 g/mol. The van der Waals surface area contributed by atoms with E-state index in [1.54, 1.807) is 32.3 Å². The Morgan fingerprint density at radius 3 is 2.55 bits per heavy atom. The zero-order valence-electron chi connectivity index (χ0n) is 21.8. The molecular formula is C29H28F4N4O3. The first-order valence-electron chi connectivity index (χ1n) is 12.8. The fourth-order valence-electron chi connectivity index (χ4n) is 5.05. The van der Waals surface area contributed by atoms with E-state index in [4.69, 9.17) is 10.1 Å². The molecule has 2 heterocycles. The number of hydrogen-bond donors (Lipinski definition) is 4. The summed E-state index contributed by atoms with van der Waals surface area (Å²) >= 11 is 0. The molecule has 40 heavy (non-hydrogen) atoms. The van der Waals surface area contributed by atoms with Crippen LogP contribution in [0.3, 0.4) is 0 Å². The Labute approximate surface area is 228 Å². The Balaban J connectivity index is 1.52. The Morgan fingerprint density at radius 2 is 1.93 bits per heavy atom. The highest BCUT2D eigenvalue weighted by molar-refractivity contribution is 6.16. The predicted octanol–water partition coefficient (Wildman–Crippen LogP) is 4.65. The summed E-state index contributed by atoms with van der Waals surface area (Å²) in [6.07, 6.45) is 1.31. The van der Waals surface area contributed by atoms with E-state index < -0.39 is 36.0 Å². The van der Waals surface area contributed by atoms with Gasteiger partial charge in [-0.3, -0.25) is 10.2 Å². The first kappa shape index (κ1) is 27.6. The van der Waals surface area contributed by atoms with Gasteiger partial charge in [0.2, 0.25) is 0 Å². The van der Waals surface area contributed by atoms with E-state index in [1.165, 1.54) is 30.3 Å². The van der Waals surface area contributed by atoms with Gasteiger partial charge in [-0.15, -0.1) is 0 Å². The minimum Gasteiger partial charge on any atom is -0.490 e. The SMILES string of the molecule is CN/C=C1/C=C(C(=O)NCC(O)(c2cc3c(c(-c4ccc(F)cc4)n2)OC[C@H]3C(F)(F)F)C2CC2)C=C(C)C1=N. The summed E-state index contributed by atoms with van der Waals surface area (Å²) < 4.78 is 60.8. The van der Waals surface area contributed by atoms with E-state index in [2.05, 4.69) is 15.6 Å². The number of rotatable bonds is 7. The summed E-state index contributed by atoms with van der Waals surface area (Å²) in [4.78, 5) is 17.7. The normalized spacial score (nSPS) is 21.2. The van der Waals surface area contributed by atoms with Crippen molar-refractivity contribution in [3.05, 3.63) is 82.5 Å². The largest absolute Gasteiger partial charge is 0.490 e. The van der Waals surface area contributed by atoms with E-state index in [-0.39, 0.29) is 46.4 Å². The van der Waals surface area contributed by atoms with Gasteiger partial charge in [0.05, 0.1) is 18.0 Å². The summed E-state index contributed by atoms with van der Waals surface area (Å²) in [5.41, 5.74) is 0.0860. The zero-order valence-corrected chi connectivity index (χ0v) is 21.8. The number of nitrogens with one attached hydrogen (secondary N) is 3. The van der Waals surface area contributed by atoms with Crippen LogP contribution >= 0.6 is 0 Å². The molecule has 0 radical (unpaired) electrons. The van der Waals surface area contributed by atoms with Gasteiger partial charge in [-0.1, -0.05) is 0 Å². The predicted molar refractivity (Wildman–Crippen MR) is 140 cm³/mol. The number of ether oxygens (including phenoxy) is 1. The third-order valence-corrected chi connectivity index (χ3v) is 7.43. The molecular weight excluding hydrogens is 528 g/mol. The van der Waals surface area contributed by atoms with Gasteiger partial charge in [-0.2, -0.15) is 13.2 Å². The molecule has 2 aliphatic carbocycles. The van der Waals surface area contributed by atoms with E-state index in [0.717, 1.165) is 0 Å². The van der Waals surface area contributed by atoms with Gasteiger partial charge in [0.1, 0.15) is 35.4 Å². The number of allylic oxidation sites excluding steroid dienone is 3. The lowest BCUT2D eigenvalue weighted by Crippen LogP contribution is -2.43. The van der Waals surface area contributed by atoms with E-state index in [0.29, 0.717) is 29.6 Å². The molecule has 1 amide bonds. The zero-order chi connectivity index (χ0) is 28.8. The van der Waals surface area contributed by atoms with Gasteiger partial charge in [0.25, 0.3) is 5.91 Å². The molecule has 0 saturated heterocycles. The Hall–Kier alpha value is -3.99. The molecule has 4 N–H and O–H groups in total. The number of hydrogen-bond acceptors (Lipinski definition) is 6. The number of aliphatic hydroxyl groups is 1. The topological polar surface area (TPSA) is 107 Å². The molecule has 5 rings (SSSR count). The summed E-state index contributed by atoms with van der Waals surface area (Å²) in [5, 5.41) is 25.6. The van der Waals surface area contributed by atoms with Crippen molar-refractivity contribution in [3.63, 3.8) is 0 Å². The van der Waals surface area contributed by atoms with Crippen LogP contribution in [0.25, 0.3) is 11.3 Å². The summed E-state index contributed by atoms with van der Waals surface area (Å²) in [5.74, 6) is -3.35. The number of halogens is 4. The van der Waals surface area contributed by atoms with Crippen molar-refractivity contribution in [1.29, 1.82) is 5.41 Å². The van der Waals surface area contributed by atoms with E-state index >= 15 is 0 Å². The van der Waals surface area contributed by atoms with Crippen LogP contribution in [0.1, 0.15) is 36.9 Å². The molecule has 11 heteroatoms. The minimum atomic E-state index is -4.60. The van der Waals surface area contributed by atoms with Gasteiger partial charge in [0.15, 0.2) is 0 Å². The van der Waals surface area contributed by atoms with Crippen LogP contribution in [0.4, 0.5) is 17.6 Å². The molecule has 3 aliphatic rings. The number of alkyl halides is 3. The standard InChI is InChI=1S/C29H28F4N4O3/c1-15-9-17(10-18(12-35-2)24(15)34)27(38)36-14-28(39,19-5-6-19)23-11-21-22(29(31,32)33)13-40-26(21)25(37-23)16-3-7-20(30)8-4-16/h3-4,7-12,19,22,34-35,39H,5-6,13-14H2,1-2H3,(H,36,38)/b18-12-,34-24?/t22-,28?/m1/s1. The summed E-state index contributed by atoms with van der Waals surface area (Å²) in [6, 6.07) is 6.34. The molecule has 1 unspecified atom stereocenters. The van der Waals surface area contributed by atoms with Crippen LogP contribution in [-0.4, -0.2) is 48.1 Å². The molecule has 1 saturated carbocycles. The molecule has 2 aromatic rings. The number of pyridine rings is 1. The number of aromatic nitrogens is 1. The molecule has 2 atom stereocenters. The maximum Gasteiger partial charge on any atom is 0.399 e. The van der Waals surface area contributed by atoms with E-state index in [1.807, 2.05) is 0 Å². The van der Waals surface area contributed by atoms with Crippen LogP contribution in [0.5, 0.6) is 5.75 Å². The maximum atomic E-state index is 13.9. The molecule has 1 aromatic carbocycles. The second-order valence-electron chi connectivity index (χ2n) is 10.3. The van der Waals surface area contributed by atoms with Crippen LogP contribution < -0.4 is 15.4 Å². The second kappa shape index (κ2) is 10.2. The van der Waals surface area contributed by atoms with Crippen LogP contribution in [0.2, 0.25) is 0 Å². The van der Waals surface area contributed by atoms with Crippen molar-refractivity contribution < 1.29 is 32.2 Å². The first-order valence-corrected chi connectivity index (χ1v) is 12.8. The van der Waals surface area contributed by atoms with Crippen LogP contribution in [-0.2, 0) is 10.4 Å². The first-order chi connectivity index (χ1) is 18.9. The number of benzene rings is 1. The average Bonchev–Trinajstić information content (AvgIpc) is 3.68. The third-order valence-electron chi connectivity index (χ3n) is 7.43. The molecule has 0 bridgehead atoms. The van der Waals surface area contributed by atoms with Crippen LogP contribution in [0.15, 0.2) is 65.4 Å². The lowest BCUT2D eigenvalue weighted by Gasteiger charge is -2.30. The molecule has 1 aromatic heterocycles. The van der Waals surface area contributed by atoms with E-state index in [9.17, 15) is 27.5 Å². The van der Waals surface area contributed by atoms with Gasteiger partial charge < -0.3 is 20.5 Å². The fourth-order valence-corrected chi connectivity index (χ4v) is 5.05. The molecule has 1 aliphatic heterocycles. The molecule has 1 fully saturated rings. The van der Waals surface area contributed by atoms with Crippen molar-refractivity contribution in [3.8, 4) is 17.0 Å². The molecule has 210 valence electrons. The number of fused-ring (bicyclic) bond motifs is 1. The smallest absolute Gasteiger partial charge is 0.399 e. The number of carbonyl (C=O) groups is 1. The highest BCUT2D eigenvalue weighted by Crippen LogP contribution is 2.51. The van der Waals surface area contributed by atoms with Gasteiger partial charge >= 0.3 is 6.18 Å². The monoisotopic (exact) mass is 556 g/mol. The maximum absolute atomic E-state index is 13.9. The Bertz CT molecular complexity index is 1460. The van der Waals surface area contributed by atoms with Crippen molar-refractivity contribution in [2.75, 3.05) is 20.2 Å². The van der Waals surface area contributed by atoms with Crippen LogP contribution in [0, 0.1) is 17.1 Å². The third kappa shape index (κ3) is 5.13. The molecule has 7 nitrogen and oxygen atoms in total. The van der Waals surface area contributed by atoms with Crippen molar-refractivity contribution in [2.24, 2.45) is 5.92 Å². The molecule has 0 spiro atoms. The Morgan fingerprint density at radius 1 is 1.23 bits per heavy atom. The second-order valence-corrected chi connectivity index (χ2v) is 10.3. The highest BCUT2D eigenvalue weighted by atomic mass is 19.4. The number of carbonyl (C=O) groups excluding carboxylic acids is 1. The van der Waals surface area contributed by atoms with Gasteiger partial charge in [0, 0.05) is 35.5 Å². The minimum absolute atomic E-state index is 0.0185. The fraction of sp³-hybridized carbons (Fsp3) is 0.345. The quantitative estimate of drug-likeness (QED) is 0.372. The summed E-state index contributed by atoms with van der Waals surface area (Å²) in [6.45, 7) is 0.779. The van der Waals surface area contributed by atoms with Gasteiger partial charge in [-0.05, 0) is 73.7 Å². The highest BCUT2D eigenvalue weighted by Gasteiger charge is 2.51. The van der Waals surface area contributed by atoms with Crippen molar-refractivity contribution in [1.82, 2.24) is 15.6 Å². The lowest BCUT2D eigenvalue weighted by atomic mass is 9.88. The Kier molecular flexibility index (Phi) is 7.03. The number of nitrogens with zero attached hydrogens (tertiary/aromatic N) is 1. The summed E-state index contributed by atoms with van der Waals surface area (Å²) in [7, 11) is 1.68. The lowest BCUT2D eigenvalue weighted by molar-refractivity contribution is -0.151. The van der Waals surface area contributed by atoms with Crippen molar-refractivity contribution in [2.45, 2.75) is 37.5 Å². The van der Waals surface area contributed by atoms with Crippen molar-refractivity contribution >= 4 is 11.6 Å². The van der Waals surface area contributed by atoms with Gasteiger partial charge in [-0.25, -0.2) is 9.37 Å². The number of amides is 1.